The van der Waals surface area contributed by atoms with E-state index in [1.165, 1.54) is 16.7 Å². The summed E-state index contributed by atoms with van der Waals surface area (Å²) < 4.78 is 19.9. The van der Waals surface area contributed by atoms with Gasteiger partial charge in [0.15, 0.2) is 0 Å². The number of fused-ring (bicyclic) bond motifs is 1. The van der Waals surface area contributed by atoms with Crippen LogP contribution in [0.2, 0.25) is 0 Å². The maximum atomic E-state index is 13.4. The molecule has 7 nitrogen and oxygen atoms in total. The first-order chi connectivity index (χ1) is 15.5. The van der Waals surface area contributed by atoms with Crippen LogP contribution in [-0.2, 0) is 16.1 Å². The minimum Gasteiger partial charge on any atom is -0.466 e. The number of para-hydroxylation sites is 1. The molecule has 2 heterocycles. The smallest absolute Gasteiger partial charge is 0.328 e. The Morgan fingerprint density at radius 3 is 2.62 bits per heavy atom. The number of carbonyl (C=O) groups is 1. The number of carbonyl (C=O) groups excluding carboxylic acids is 1. The molecule has 0 spiro atoms. The van der Waals surface area contributed by atoms with Gasteiger partial charge in [-0.3, -0.25) is 14.2 Å². The third-order valence-electron chi connectivity index (χ3n) is 6.11. The van der Waals surface area contributed by atoms with Gasteiger partial charge in [0.1, 0.15) is 5.82 Å². The van der Waals surface area contributed by atoms with Crippen LogP contribution >= 0.6 is 0 Å². The topological polar surface area (TPSA) is 84.4 Å². The number of nitrogens with zero attached hydrogens (tertiary/aromatic N) is 2. The summed E-state index contributed by atoms with van der Waals surface area (Å²) in [5, 5.41) is 0.464. The monoisotopic (exact) mass is 439 g/mol. The third-order valence-corrected chi connectivity index (χ3v) is 6.11. The summed E-state index contributed by atoms with van der Waals surface area (Å²) in [5.41, 5.74) is 0.650. The predicted octanol–water partition coefficient (Wildman–Crippen LogP) is 2.50. The highest BCUT2D eigenvalue weighted by Crippen LogP contribution is 2.34. The molecular formula is C24H26FN3O4. The summed E-state index contributed by atoms with van der Waals surface area (Å²) in [7, 11) is 0. The van der Waals surface area contributed by atoms with Crippen molar-refractivity contribution in [3.63, 3.8) is 0 Å². The van der Waals surface area contributed by atoms with Crippen LogP contribution < -0.4 is 11.2 Å². The molecule has 1 aromatic heterocycles. The molecule has 4 rings (SSSR count). The van der Waals surface area contributed by atoms with Crippen molar-refractivity contribution in [1.29, 1.82) is 0 Å². The summed E-state index contributed by atoms with van der Waals surface area (Å²) >= 11 is 0. The van der Waals surface area contributed by atoms with E-state index in [0.717, 1.165) is 5.56 Å². The average Bonchev–Trinajstić information content (AvgIpc) is 2.79. The number of hydrogen-bond acceptors (Lipinski definition) is 5. The Kier molecular flexibility index (Phi) is 6.50. The Morgan fingerprint density at radius 2 is 1.88 bits per heavy atom. The van der Waals surface area contributed by atoms with E-state index in [2.05, 4.69) is 9.88 Å². The summed E-state index contributed by atoms with van der Waals surface area (Å²) in [6, 6.07) is 13.2. The van der Waals surface area contributed by atoms with Gasteiger partial charge in [-0.2, -0.15) is 0 Å². The van der Waals surface area contributed by atoms with Crippen LogP contribution in [-0.4, -0.2) is 46.7 Å². The van der Waals surface area contributed by atoms with Crippen molar-refractivity contribution in [3.8, 4) is 0 Å². The van der Waals surface area contributed by atoms with Gasteiger partial charge in [-0.25, -0.2) is 9.18 Å². The number of esters is 1. The fraction of sp³-hybridized carbons (Fsp3) is 0.375. The van der Waals surface area contributed by atoms with Gasteiger partial charge < -0.3 is 14.6 Å². The Labute approximate surface area is 184 Å². The lowest BCUT2D eigenvalue weighted by Crippen LogP contribution is -2.46. The van der Waals surface area contributed by atoms with E-state index in [4.69, 9.17) is 4.74 Å². The van der Waals surface area contributed by atoms with Gasteiger partial charge in [-0.05, 0) is 55.6 Å². The first kappa shape index (κ1) is 22.0. The van der Waals surface area contributed by atoms with Crippen molar-refractivity contribution < 1.29 is 13.9 Å². The van der Waals surface area contributed by atoms with Gasteiger partial charge in [0.25, 0.3) is 5.56 Å². The molecule has 1 saturated heterocycles. The van der Waals surface area contributed by atoms with E-state index in [0.29, 0.717) is 37.0 Å². The van der Waals surface area contributed by atoms with Crippen molar-refractivity contribution >= 4 is 16.9 Å². The van der Waals surface area contributed by atoms with Crippen molar-refractivity contribution in [2.45, 2.75) is 25.8 Å². The zero-order chi connectivity index (χ0) is 22.7. The lowest BCUT2D eigenvalue weighted by molar-refractivity contribution is -0.150. The molecule has 2 atom stereocenters. The number of ether oxygens (including phenoxy) is 1. The normalized spacial score (nSPS) is 19.2. The maximum Gasteiger partial charge on any atom is 0.328 e. The molecule has 0 saturated carbocycles. The van der Waals surface area contributed by atoms with E-state index in [1.54, 1.807) is 43.3 Å². The number of aromatic nitrogens is 2. The number of likely N-dealkylation sites (tertiary alicyclic amines) is 1. The highest BCUT2D eigenvalue weighted by molar-refractivity contribution is 5.77. The molecule has 1 fully saturated rings. The second-order valence-corrected chi connectivity index (χ2v) is 8.04. The van der Waals surface area contributed by atoms with Gasteiger partial charge in [-0.1, -0.05) is 24.3 Å². The Balaban J connectivity index is 1.52. The summed E-state index contributed by atoms with van der Waals surface area (Å²) in [6.07, 6.45) is 0.693. The van der Waals surface area contributed by atoms with Gasteiger partial charge in [0.2, 0.25) is 0 Å². The number of rotatable bonds is 6. The molecule has 32 heavy (non-hydrogen) atoms. The summed E-state index contributed by atoms with van der Waals surface area (Å²) in [5.74, 6) is -1.07. The Morgan fingerprint density at radius 1 is 1.12 bits per heavy atom. The van der Waals surface area contributed by atoms with E-state index in [9.17, 15) is 18.8 Å². The molecule has 1 N–H and O–H groups in total. The molecule has 1 unspecified atom stereocenters. The summed E-state index contributed by atoms with van der Waals surface area (Å²) in [6.45, 7) is 3.86. The molecule has 0 aliphatic carbocycles. The molecule has 1 aliphatic heterocycles. The van der Waals surface area contributed by atoms with E-state index < -0.39 is 11.6 Å². The Bertz CT molecular complexity index is 1220. The SMILES string of the molecule is CCOC(=O)[C@@H]1CN(CCn2c(=O)[nH]c3ccccc3c2=O)CCC1c1ccc(F)cc1. The lowest BCUT2D eigenvalue weighted by atomic mass is 9.80. The van der Waals surface area contributed by atoms with Crippen LogP contribution in [0, 0.1) is 11.7 Å². The van der Waals surface area contributed by atoms with Crippen LogP contribution in [0.4, 0.5) is 4.39 Å². The number of benzene rings is 2. The van der Waals surface area contributed by atoms with Gasteiger partial charge in [0.05, 0.1) is 23.4 Å². The van der Waals surface area contributed by atoms with E-state index in [1.807, 2.05) is 0 Å². The lowest BCUT2D eigenvalue weighted by Gasteiger charge is -2.37. The molecule has 3 aromatic rings. The van der Waals surface area contributed by atoms with Crippen LogP contribution in [0.3, 0.4) is 0 Å². The number of H-pyrrole nitrogens is 1. The molecule has 2 aromatic carbocycles. The number of nitrogens with one attached hydrogen (secondary N) is 1. The van der Waals surface area contributed by atoms with Crippen LogP contribution in [0.25, 0.3) is 10.9 Å². The van der Waals surface area contributed by atoms with Crippen molar-refractivity contribution in [2.24, 2.45) is 5.92 Å². The maximum absolute atomic E-state index is 13.4. The average molecular weight is 439 g/mol. The molecule has 0 radical (unpaired) electrons. The first-order valence-electron chi connectivity index (χ1n) is 10.8. The minimum atomic E-state index is -0.447. The highest BCUT2D eigenvalue weighted by Gasteiger charge is 2.36. The van der Waals surface area contributed by atoms with Gasteiger partial charge in [0, 0.05) is 19.6 Å². The number of hydrogen-bond donors (Lipinski definition) is 1. The molecular weight excluding hydrogens is 413 g/mol. The second kappa shape index (κ2) is 9.48. The predicted molar refractivity (Wildman–Crippen MR) is 119 cm³/mol. The van der Waals surface area contributed by atoms with Crippen LogP contribution in [0.1, 0.15) is 24.8 Å². The van der Waals surface area contributed by atoms with Gasteiger partial charge in [-0.15, -0.1) is 0 Å². The Hall–Kier alpha value is -3.26. The van der Waals surface area contributed by atoms with E-state index in [-0.39, 0.29) is 36.4 Å². The van der Waals surface area contributed by atoms with Gasteiger partial charge >= 0.3 is 11.7 Å². The summed E-state index contributed by atoms with van der Waals surface area (Å²) in [4.78, 5) is 42.7. The molecule has 8 heteroatoms. The largest absolute Gasteiger partial charge is 0.466 e. The molecule has 1 aliphatic rings. The number of piperidine rings is 1. The number of aromatic amines is 1. The van der Waals surface area contributed by atoms with Crippen molar-refractivity contribution in [2.75, 3.05) is 26.2 Å². The van der Waals surface area contributed by atoms with Crippen molar-refractivity contribution in [1.82, 2.24) is 14.5 Å². The standard InChI is InChI=1S/C24H26FN3O4/c1-2-32-23(30)20-15-27(12-11-18(20)16-7-9-17(25)10-8-16)13-14-28-22(29)19-5-3-4-6-21(19)26-24(28)31/h3-10,18,20H,2,11-15H2,1H3,(H,26,31)/t18?,20-/m1/s1. The molecule has 168 valence electrons. The number of halogens is 1. The van der Waals surface area contributed by atoms with Crippen LogP contribution in [0.15, 0.2) is 58.1 Å². The van der Waals surface area contributed by atoms with E-state index >= 15 is 0 Å². The van der Waals surface area contributed by atoms with Crippen LogP contribution in [0.5, 0.6) is 0 Å². The zero-order valence-electron chi connectivity index (χ0n) is 17.9. The van der Waals surface area contributed by atoms with Crippen molar-refractivity contribution in [3.05, 3.63) is 80.7 Å². The third kappa shape index (κ3) is 4.50. The molecule has 0 bridgehead atoms. The fourth-order valence-corrected chi connectivity index (χ4v) is 4.46. The first-order valence-corrected chi connectivity index (χ1v) is 10.8. The second-order valence-electron chi connectivity index (χ2n) is 8.04. The zero-order valence-corrected chi connectivity index (χ0v) is 17.9. The fourth-order valence-electron chi connectivity index (χ4n) is 4.46. The quantitative estimate of drug-likeness (QED) is 0.597. The highest BCUT2D eigenvalue weighted by atomic mass is 19.1. The minimum absolute atomic E-state index is 0.0716. The molecule has 0 amide bonds.